The molecule has 3 heterocycles. The van der Waals surface area contributed by atoms with Gasteiger partial charge in [-0.25, -0.2) is 4.98 Å². The van der Waals surface area contributed by atoms with E-state index in [1.54, 1.807) is 0 Å². The smallest absolute Gasteiger partial charge is 0.253 e. The van der Waals surface area contributed by atoms with Gasteiger partial charge in [-0.3, -0.25) is 9.59 Å². The number of aromatic nitrogens is 2. The van der Waals surface area contributed by atoms with Crippen molar-refractivity contribution in [3.63, 3.8) is 0 Å². The summed E-state index contributed by atoms with van der Waals surface area (Å²) in [5, 5.41) is 0. The minimum absolute atomic E-state index is 0.0272. The maximum Gasteiger partial charge on any atom is 0.253 e. The number of amides is 2. The van der Waals surface area contributed by atoms with Crippen molar-refractivity contribution in [1.82, 2.24) is 19.4 Å². The summed E-state index contributed by atoms with van der Waals surface area (Å²) in [6, 6.07) is 14.0. The maximum atomic E-state index is 13.7. The van der Waals surface area contributed by atoms with Crippen molar-refractivity contribution in [3.8, 4) is 5.75 Å². The van der Waals surface area contributed by atoms with E-state index >= 15 is 0 Å². The number of hydrogen-bond donors (Lipinski definition) is 0. The molecule has 2 amide bonds. The fourth-order valence-electron chi connectivity index (χ4n) is 5.95. The Morgan fingerprint density at radius 2 is 1.84 bits per heavy atom. The predicted molar refractivity (Wildman–Crippen MR) is 145 cm³/mol. The van der Waals surface area contributed by atoms with E-state index in [0.29, 0.717) is 44.6 Å². The molecule has 0 unspecified atom stereocenters. The Bertz CT molecular complexity index is 1260. The largest absolute Gasteiger partial charge is 0.491 e. The molecule has 2 aliphatic heterocycles. The average molecular weight is 503 g/mol. The molecule has 1 fully saturated rings. The van der Waals surface area contributed by atoms with Crippen LogP contribution in [0.4, 0.5) is 0 Å². The lowest BCUT2D eigenvalue weighted by atomic mass is 9.73. The summed E-state index contributed by atoms with van der Waals surface area (Å²) in [6.07, 6.45) is 8.29. The summed E-state index contributed by atoms with van der Waals surface area (Å²) < 4.78 is 8.15. The first-order valence-corrected chi connectivity index (χ1v) is 13.7. The molecule has 2 aliphatic rings. The summed E-state index contributed by atoms with van der Waals surface area (Å²) in [4.78, 5) is 35.3. The zero-order chi connectivity index (χ0) is 25.8. The molecule has 0 aliphatic carbocycles. The van der Waals surface area contributed by atoms with Crippen molar-refractivity contribution >= 4 is 22.8 Å². The minimum Gasteiger partial charge on any atom is -0.491 e. The Balaban J connectivity index is 1.27. The second kappa shape index (κ2) is 11.0. The number of aryl methyl sites for hydroxylation is 2. The van der Waals surface area contributed by atoms with Crippen LogP contribution < -0.4 is 4.74 Å². The molecule has 0 saturated carbocycles. The lowest BCUT2D eigenvalue weighted by Gasteiger charge is -2.42. The molecule has 7 heteroatoms. The highest BCUT2D eigenvalue weighted by molar-refractivity contribution is 5.97. The third-order valence-electron chi connectivity index (χ3n) is 8.28. The first kappa shape index (κ1) is 25.3. The number of likely N-dealkylation sites (N-methyl/N-ethyl adjacent to an activating group) is 1. The molecule has 0 atom stereocenters. The Labute approximate surface area is 219 Å². The zero-order valence-electron chi connectivity index (χ0n) is 22.1. The molecular formula is C30H38N4O3. The van der Waals surface area contributed by atoms with Crippen molar-refractivity contribution in [3.05, 3.63) is 59.9 Å². The molecule has 37 heavy (non-hydrogen) atoms. The van der Waals surface area contributed by atoms with Crippen molar-refractivity contribution in [2.24, 2.45) is 5.41 Å². The van der Waals surface area contributed by atoms with E-state index in [9.17, 15) is 9.59 Å². The number of carbonyl (C=O) groups is 2. The van der Waals surface area contributed by atoms with Crippen molar-refractivity contribution in [2.45, 2.75) is 58.4 Å². The number of nitrogens with zero attached hydrogens (tertiary/aromatic N) is 4. The zero-order valence-corrected chi connectivity index (χ0v) is 22.1. The van der Waals surface area contributed by atoms with Crippen LogP contribution in [-0.4, -0.2) is 64.5 Å². The number of para-hydroxylation sites is 1. The van der Waals surface area contributed by atoms with Crippen LogP contribution in [0.2, 0.25) is 0 Å². The standard InChI is InChI=1S/C30H38N4O3/c1-3-33-22-31-25-21-24(12-13-26(25)33)28(35)34-17-15-30(16-18-34)14-8-4-5-9-23-10-6-7-11-27(23)37-20-19-32(2)29(30)36/h6-7,10-13,21-22H,3-5,8-9,14-20H2,1-2H3. The molecular weight excluding hydrogens is 464 g/mol. The molecule has 0 bridgehead atoms. The fraction of sp³-hybridized carbons (Fsp3) is 0.500. The second-order valence-electron chi connectivity index (χ2n) is 10.6. The van der Waals surface area contributed by atoms with Crippen LogP contribution >= 0.6 is 0 Å². The summed E-state index contributed by atoms with van der Waals surface area (Å²) >= 11 is 0. The van der Waals surface area contributed by atoms with Gasteiger partial charge in [0.1, 0.15) is 12.4 Å². The lowest BCUT2D eigenvalue weighted by molar-refractivity contribution is -0.144. The topological polar surface area (TPSA) is 67.7 Å². The normalized spacial score (nSPS) is 19.0. The predicted octanol–water partition coefficient (Wildman–Crippen LogP) is 4.93. The van der Waals surface area contributed by atoms with Gasteiger partial charge in [-0.05, 0) is 68.9 Å². The van der Waals surface area contributed by atoms with Gasteiger partial charge in [-0.15, -0.1) is 0 Å². The Kier molecular flexibility index (Phi) is 7.49. The van der Waals surface area contributed by atoms with E-state index in [4.69, 9.17) is 4.74 Å². The Morgan fingerprint density at radius 3 is 2.65 bits per heavy atom. The van der Waals surface area contributed by atoms with Crippen molar-refractivity contribution < 1.29 is 14.3 Å². The number of piperidine rings is 1. The maximum absolute atomic E-state index is 13.7. The second-order valence-corrected chi connectivity index (χ2v) is 10.6. The van der Waals surface area contributed by atoms with Gasteiger partial charge in [0.15, 0.2) is 0 Å². The van der Waals surface area contributed by atoms with E-state index in [1.165, 1.54) is 5.56 Å². The molecule has 7 nitrogen and oxygen atoms in total. The van der Waals surface area contributed by atoms with Crippen LogP contribution in [0.1, 0.15) is 61.4 Å². The van der Waals surface area contributed by atoms with Crippen LogP contribution in [0, 0.1) is 5.41 Å². The third kappa shape index (κ3) is 5.22. The monoisotopic (exact) mass is 502 g/mol. The van der Waals surface area contributed by atoms with E-state index in [0.717, 1.165) is 55.4 Å². The molecule has 1 saturated heterocycles. The van der Waals surface area contributed by atoms with Crippen LogP contribution in [-0.2, 0) is 17.8 Å². The molecule has 1 spiro atoms. The third-order valence-corrected chi connectivity index (χ3v) is 8.28. The minimum atomic E-state index is -0.406. The fourth-order valence-corrected chi connectivity index (χ4v) is 5.95. The number of benzene rings is 2. The highest BCUT2D eigenvalue weighted by Gasteiger charge is 2.43. The van der Waals surface area contributed by atoms with Gasteiger partial charge in [0.05, 0.1) is 29.3 Å². The Morgan fingerprint density at radius 1 is 1.03 bits per heavy atom. The average Bonchev–Trinajstić information content (AvgIpc) is 3.35. The number of fused-ring (bicyclic) bond motifs is 2. The van der Waals surface area contributed by atoms with Gasteiger partial charge in [-0.2, -0.15) is 0 Å². The number of imidazole rings is 1. The van der Waals surface area contributed by atoms with Crippen LogP contribution in [0.15, 0.2) is 48.8 Å². The van der Waals surface area contributed by atoms with Crippen molar-refractivity contribution in [2.75, 3.05) is 33.3 Å². The summed E-state index contributed by atoms with van der Waals surface area (Å²) in [6.45, 7) is 5.17. The van der Waals surface area contributed by atoms with E-state index in [2.05, 4.69) is 28.6 Å². The van der Waals surface area contributed by atoms with Crippen LogP contribution in [0.25, 0.3) is 11.0 Å². The molecule has 5 rings (SSSR count). The SMILES string of the molecule is CCn1cnc2cc(C(=O)N3CCC4(CCCCCc5ccccc5OCCN(C)C4=O)CC3)ccc21. The molecule has 2 aromatic carbocycles. The Hall–Kier alpha value is -3.35. The summed E-state index contributed by atoms with van der Waals surface area (Å²) in [5.41, 5.74) is 3.40. The molecule has 196 valence electrons. The van der Waals surface area contributed by atoms with Gasteiger partial charge < -0.3 is 19.1 Å². The lowest BCUT2D eigenvalue weighted by Crippen LogP contribution is -2.51. The number of hydrogen-bond acceptors (Lipinski definition) is 4. The first-order chi connectivity index (χ1) is 18.0. The van der Waals surface area contributed by atoms with Gasteiger partial charge in [0.25, 0.3) is 5.91 Å². The number of ether oxygens (including phenoxy) is 1. The van der Waals surface area contributed by atoms with Crippen molar-refractivity contribution in [1.29, 1.82) is 0 Å². The van der Waals surface area contributed by atoms with Crippen LogP contribution in [0.5, 0.6) is 5.75 Å². The molecule has 0 radical (unpaired) electrons. The highest BCUT2D eigenvalue weighted by atomic mass is 16.5. The van der Waals surface area contributed by atoms with Gasteiger partial charge in [-0.1, -0.05) is 31.0 Å². The van der Waals surface area contributed by atoms with Gasteiger partial charge in [0.2, 0.25) is 5.91 Å². The quantitative estimate of drug-likeness (QED) is 0.498. The summed E-state index contributed by atoms with van der Waals surface area (Å²) in [7, 11) is 1.89. The molecule has 1 aromatic heterocycles. The van der Waals surface area contributed by atoms with Crippen LogP contribution in [0.3, 0.4) is 0 Å². The van der Waals surface area contributed by atoms with E-state index in [1.807, 2.05) is 53.5 Å². The molecule has 0 N–H and O–H groups in total. The number of likely N-dealkylation sites (tertiary alicyclic amines) is 1. The first-order valence-electron chi connectivity index (χ1n) is 13.7. The number of carbonyl (C=O) groups excluding carboxylic acids is 2. The molecule has 3 aromatic rings. The van der Waals surface area contributed by atoms with Gasteiger partial charge in [0, 0.05) is 32.2 Å². The van der Waals surface area contributed by atoms with Gasteiger partial charge >= 0.3 is 0 Å². The number of rotatable bonds is 2. The highest BCUT2D eigenvalue weighted by Crippen LogP contribution is 2.39. The van der Waals surface area contributed by atoms with E-state index < -0.39 is 5.41 Å². The van der Waals surface area contributed by atoms with E-state index in [-0.39, 0.29) is 11.8 Å². The summed E-state index contributed by atoms with van der Waals surface area (Å²) in [5.74, 6) is 1.16.